The second kappa shape index (κ2) is 7.52. The fourth-order valence-corrected chi connectivity index (χ4v) is 6.18. The van der Waals surface area contributed by atoms with Gasteiger partial charge in [0.15, 0.2) is 0 Å². The van der Waals surface area contributed by atoms with Gasteiger partial charge in [-0.25, -0.2) is 0 Å². The molecule has 3 aliphatic rings. The van der Waals surface area contributed by atoms with Crippen LogP contribution in [0, 0.1) is 5.92 Å². The highest BCUT2D eigenvalue weighted by Gasteiger charge is 2.46. The van der Waals surface area contributed by atoms with Gasteiger partial charge in [-0.2, -0.15) is 0 Å². The fraction of sp³-hybridized carbons (Fsp3) is 0.458. The van der Waals surface area contributed by atoms with Gasteiger partial charge < -0.3 is 9.80 Å². The fourth-order valence-electron chi connectivity index (χ4n) is 5.65. The van der Waals surface area contributed by atoms with Crippen LogP contribution in [0.2, 0.25) is 10.0 Å². The zero-order valence-electron chi connectivity index (χ0n) is 16.7. The summed E-state index contributed by atoms with van der Waals surface area (Å²) in [5.41, 5.74) is 4.66. The highest BCUT2D eigenvalue weighted by molar-refractivity contribution is 6.35. The molecule has 3 atom stereocenters. The van der Waals surface area contributed by atoms with Crippen LogP contribution in [-0.2, 0) is 0 Å². The number of carbonyl (C=O) groups excluding carboxylic acids is 1. The third-order valence-corrected chi connectivity index (χ3v) is 7.47. The standard InChI is InChI=1S/C24H26Cl2N2O/c1-15-20-7-10-28(24(29)16-11-17(25)13-18(26)12-16)23(15)22-14-19(5-6-21(20)22)27-8-3-2-4-9-27/h5-6,11-15,20,23H,2-4,7-10H2,1H3/t15-,20?,23?/m0/s1. The lowest BCUT2D eigenvalue weighted by molar-refractivity contribution is 0.0524. The second-order valence-corrected chi connectivity index (χ2v) is 9.59. The summed E-state index contributed by atoms with van der Waals surface area (Å²) >= 11 is 12.3. The number of piperidine rings is 2. The monoisotopic (exact) mass is 428 g/mol. The third kappa shape index (κ3) is 3.33. The van der Waals surface area contributed by atoms with Crippen LogP contribution in [0.4, 0.5) is 5.69 Å². The predicted molar refractivity (Wildman–Crippen MR) is 119 cm³/mol. The Morgan fingerprint density at radius 1 is 0.931 bits per heavy atom. The molecule has 152 valence electrons. The smallest absolute Gasteiger partial charge is 0.254 e. The van der Waals surface area contributed by atoms with Crippen molar-refractivity contribution >= 4 is 34.8 Å². The second-order valence-electron chi connectivity index (χ2n) is 8.72. The van der Waals surface area contributed by atoms with E-state index in [0.29, 0.717) is 27.4 Å². The summed E-state index contributed by atoms with van der Waals surface area (Å²) in [7, 11) is 0. The van der Waals surface area contributed by atoms with Gasteiger partial charge in [0.25, 0.3) is 5.91 Å². The number of nitrogens with zero attached hydrogens (tertiary/aromatic N) is 2. The number of rotatable bonds is 2. The number of amides is 1. The summed E-state index contributed by atoms with van der Waals surface area (Å²) in [6.45, 7) is 5.33. The van der Waals surface area contributed by atoms with Crippen LogP contribution in [0.3, 0.4) is 0 Å². The van der Waals surface area contributed by atoms with E-state index in [1.807, 2.05) is 0 Å². The lowest BCUT2D eigenvalue weighted by Gasteiger charge is -2.38. The van der Waals surface area contributed by atoms with Crippen LogP contribution >= 0.6 is 23.2 Å². The summed E-state index contributed by atoms with van der Waals surface area (Å²) in [5, 5.41) is 1.01. The van der Waals surface area contributed by atoms with Crippen LogP contribution in [0.25, 0.3) is 0 Å². The van der Waals surface area contributed by atoms with E-state index in [9.17, 15) is 4.79 Å². The average molecular weight is 429 g/mol. The maximum Gasteiger partial charge on any atom is 0.254 e. The molecule has 5 heteroatoms. The predicted octanol–water partition coefficient (Wildman–Crippen LogP) is 6.30. The summed E-state index contributed by atoms with van der Waals surface area (Å²) in [6, 6.07) is 12.2. The maximum atomic E-state index is 13.4. The van der Waals surface area contributed by atoms with Crippen molar-refractivity contribution < 1.29 is 4.79 Å². The molecule has 5 rings (SSSR count). The van der Waals surface area contributed by atoms with Gasteiger partial charge in [0, 0.05) is 40.9 Å². The first kappa shape index (κ1) is 19.3. The largest absolute Gasteiger partial charge is 0.372 e. The van der Waals surface area contributed by atoms with E-state index < -0.39 is 0 Å². The first-order chi connectivity index (χ1) is 14.0. The highest BCUT2D eigenvalue weighted by Crippen LogP contribution is 2.54. The van der Waals surface area contributed by atoms with Gasteiger partial charge >= 0.3 is 0 Å². The molecule has 2 bridgehead atoms. The Labute approximate surface area is 182 Å². The topological polar surface area (TPSA) is 23.6 Å². The van der Waals surface area contributed by atoms with Crippen LogP contribution in [0.15, 0.2) is 36.4 Å². The molecule has 2 saturated heterocycles. The molecular formula is C24H26Cl2N2O. The van der Waals surface area contributed by atoms with Crippen molar-refractivity contribution in [2.75, 3.05) is 24.5 Å². The van der Waals surface area contributed by atoms with E-state index in [0.717, 1.165) is 26.1 Å². The average Bonchev–Trinajstić information content (AvgIpc) is 2.88. The van der Waals surface area contributed by atoms with Gasteiger partial charge in [0.2, 0.25) is 0 Å². The first-order valence-electron chi connectivity index (χ1n) is 10.7. The zero-order valence-corrected chi connectivity index (χ0v) is 18.2. The zero-order chi connectivity index (χ0) is 20.1. The number of fused-ring (bicyclic) bond motifs is 5. The van der Waals surface area contributed by atoms with Crippen molar-refractivity contribution in [3.05, 3.63) is 63.1 Å². The SMILES string of the molecule is C[C@H]1C2CCN(C(=O)c3cc(Cl)cc(Cl)c3)C1c1cc(N3CCCCC3)ccc12. The lowest BCUT2D eigenvalue weighted by Crippen LogP contribution is -2.41. The third-order valence-electron chi connectivity index (χ3n) is 7.03. The molecule has 2 aromatic rings. The van der Waals surface area contributed by atoms with Gasteiger partial charge in [-0.15, -0.1) is 0 Å². The molecule has 1 aliphatic carbocycles. The van der Waals surface area contributed by atoms with Crippen molar-refractivity contribution in [1.82, 2.24) is 4.90 Å². The number of benzene rings is 2. The minimum absolute atomic E-state index is 0.0286. The molecule has 0 N–H and O–H groups in total. The maximum absolute atomic E-state index is 13.4. The van der Waals surface area contributed by atoms with Crippen molar-refractivity contribution in [2.45, 2.75) is 44.6 Å². The molecule has 2 aliphatic heterocycles. The molecule has 0 radical (unpaired) electrons. The lowest BCUT2D eigenvalue weighted by atomic mass is 9.85. The Morgan fingerprint density at radius 2 is 1.66 bits per heavy atom. The van der Waals surface area contributed by atoms with Crippen molar-refractivity contribution in [3.63, 3.8) is 0 Å². The molecule has 0 saturated carbocycles. The van der Waals surface area contributed by atoms with Crippen molar-refractivity contribution in [3.8, 4) is 0 Å². The van der Waals surface area contributed by atoms with Gasteiger partial charge in [-0.1, -0.05) is 36.2 Å². The van der Waals surface area contributed by atoms with Crippen LogP contribution in [0.1, 0.15) is 66.1 Å². The number of hydrogen-bond acceptors (Lipinski definition) is 2. The van der Waals surface area contributed by atoms with Gasteiger partial charge in [0.05, 0.1) is 6.04 Å². The van der Waals surface area contributed by atoms with Crippen LogP contribution in [0.5, 0.6) is 0 Å². The number of halogens is 2. The van der Waals surface area contributed by atoms with Crippen LogP contribution in [-0.4, -0.2) is 30.4 Å². The molecular weight excluding hydrogens is 403 g/mol. The highest BCUT2D eigenvalue weighted by atomic mass is 35.5. The Bertz CT molecular complexity index is 934. The summed E-state index contributed by atoms with van der Waals surface area (Å²) < 4.78 is 0. The molecule has 3 nitrogen and oxygen atoms in total. The Hall–Kier alpha value is -1.71. The molecule has 29 heavy (non-hydrogen) atoms. The summed E-state index contributed by atoms with van der Waals surface area (Å²) in [5.74, 6) is 0.993. The number of likely N-dealkylation sites (tertiary alicyclic amines) is 1. The van der Waals surface area contributed by atoms with E-state index in [4.69, 9.17) is 23.2 Å². The Morgan fingerprint density at radius 3 is 2.38 bits per heavy atom. The molecule has 2 heterocycles. The van der Waals surface area contributed by atoms with E-state index in [1.165, 1.54) is 36.1 Å². The van der Waals surface area contributed by atoms with Gasteiger partial charge in [-0.05, 0) is 79.0 Å². The minimum atomic E-state index is 0.0286. The van der Waals surface area contributed by atoms with Gasteiger partial charge in [0.1, 0.15) is 0 Å². The molecule has 0 aromatic heterocycles. The summed E-state index contributed by atoms with van der Waals surface area (Å²) in [6.07, 6.45) is 4.86. The van der Waals surface area contributed by atoms with E-state index in [2.05, 4.69) is 34.9 Å². The number of anilines is 1. The van der Waals surface area contributed by atoms with Crippen molar-refractivity contribution in [2.24, 2.45) is 5.92 Å². The number of hydrogen-bond donors (Lipinski definition) is 0. The first-order valence-corrected chi connectivity index (χ1v) is 11.4. The molecule has 2 fully saturated rings. The molecule has 2 aromatic carbocycles. The summed E-state index contributed by atoms with van der Waals surface area (Å²) in [4.78, 5) is 18.0. The van der Waals surface area contributed by atoms with E-state index >= 15 is 0 Å². The molecule has 0 spiro atoms. The Balaban J connectivity index is 1.50. The number of carbonyl (C=O) groups is 1. The minimum Gasteiger partial charge on any atom is -0.372 e. The van der Waals surface area contributed by atoms with E-state index in [1.54, 1.807) is 18.2 Å². The van der Waals surface area contributed by atoms with E-state index in [-0.39, 0.29) is 11.9 Å². The normalized spacial score (nSPS) is 25.8. The Kier molecular flexibility index (Phi) is 4.99. The van der Waals surface area contributed by atoms with Crippen LogP contribution < -0.4 is 4.90 Å². The quantitative estimate of drug-likeness (QED) is 0.559. The van der Waals surface area contributed by atoms with Gasteiger partial charge in [-0.3, -0.25) is 4.79 Å². The molecule has 2 unspecified atom stereocenters. The molecule has 1 amide bonds. The van der Waals surface area contributed by atoms with Crippen molar-refractivity contribution in [1.29, 1.82) is 0 Å².